The number of carbonyl (C=O) groups excluding carboxylic acids is 1. The molecule has 1 aliphatic heterocycles. The minimum absolute atomic E-state index is 0.0642. The molecule has 122 valence electrons. The Hall–Kier alpha value is -2.62. The molecule has 0 aliphatic carbocycles. The summed E-state index contributed by atoms with van der Waals surface area (Å²) >= 11 is 0. The highest BCUT2D eigenvalue weighted by Crippen LogP contribution is 2.21. The van der Waals surface area contributed by atoms with Crippen LogP contribution in [-0.2, 0) is 6.42 Å². The predicted molar refractivity (Wildman–Crippen MR) is 95.2 cm³/mol. The van der Waals surface area contributed by atoms with Crippen LogP contribution in [0.4, 0.5) is 4.79 Å². The molecule has 4 heteroatoms. The second kappa shape index (κ2) is 6.48. The monoisotopic (exact) mass is 319 g/mol. The lowest BCUT2D eigenvalue weighted by molar-refractivity contribution is 0.188. The minimum Gasteiger partial charge on any atom is -0.324 e. The van der Waals surface area contributed by atoms with Crippen molar-refractivity contribution < 1.29 is 4.79 Å². The second-order valence-corrected chi connectivity index (χ2v) is 6.34. The van der Waals surface area contributed by atoms with Crippen molar-refractivity contribution in [1.29, 1.82) is 0 Å². The van der Waals surface area contributed by atoms with Crippen LogP contribution in [0.1, 0.15) is 30.7 Å². The highest BCUT2D eigenvalue weighted by atomic mass is 16.2. The minimum atomic E-state index is 0.0642. The summed E-state index contributed by atoms with van der Waals surface area (Å²) < 4.78 is 1.81. The Labute approximate surface area is 141 Å². The van der Waals surface area contributed by atoms with Crippen LogP contribution in [0.25, 0.3) is 11.0 Å². The molecule has 1 fully saturated rings. The summed E-state index contributed by atoms with van der Waals surface area (Å²) in [5.41, 5.74) is 2.95. The van der Waals surface area contributed by atoms with E-state index in [4.69, 9.17) is 4.98 Å². The van der Waals surface area contributed by atoms with E-state index in [-0.39, 0.29) is 6.03 Å². The normalized spacial score (nSPS) is 14.9. The molecule has 1 aromatic heterocycles. The van der Waals surface area contributed by atoms with E-state index in [9.17, 15) is 4.79 Å². The Morgan fingerprint density at radius 3 is 2.42 bits per heavy atom. The van der Waals surface area contributed by atoms with Gasteiger partial charge >= 0.3 is 6.03 Å². The smallest absolute Gasteiger partial charge is 0.324 e. The standard InChI is InChI=1S/C20H21N3O/c24-20(22-13-7-2-8-14-22)23-18-12-6-5-11-17(18)21-19(23)15-16-9-3-1-4-10-16/h1,3-6,9-12H,2,7-8,13-15H2. The molecule has 4 nitrogen and oxygen atoms in total. The first kappa shape index (κ1) is 14.9. The maximum Gasteiger partial charge on any atom is 0.330 e. The van der Waals surface area contributed by atoms with E-state index in [1.54, 1.807) is 0 Å². The number of aromatic nitrogens is 2. The summed E-state index contributed by atoms with van der Waals surface area (Å²) in [5.74, 6) is 0.818. The number of para-hydroxylation sites is 2. The van der Waals surface area contributed by atoms with Crippen LogP contribution in [-0.4, -0.2) is 33.6 Å². The third-order valence-corrected chi connectivity index (χ3v) is 4.65. The Morgan fingerprint density at radius 1 is 0.917 bits per heavy atom. The lowest BCUT2D eigenvalue weighted by Gasteiger charge is -2.27. The van der Waals surface area contributed by atoms with Crippen LogP contribution in [0.5, 0.6) is 0 Å². The van der Waals surface area contributed by atoms with Crippen molar-refractivity contribution in [3.63, 3.8) is 0 Å². The highest BCUT2D eigenvalue weighted by Gasteiger charge is 2.23. The van der Waals surface area contributed by atoms with Gasteiger partial charge in [0, 0.05) is 19.5 Å². The summed E-state index contributed by atoms with van der Waals surface area (Å²) in [6.45, 7) is 1.69. The number of amides is 1. The van der Waals surface area contributed by atoms with Gasteiger partial charge in [-0.1, -0.05) is 42.5 Å². The van der Waals surface area contributed by atoms with Gasteiger partial charge in [-0.2, -0.15) is 0 Å². The number of hydrogen-bond acceptors (Lipinski definition) is 2. The molecule has 2 heterocycles. The van der Waals surface area contributed by atoms with Crippen LogP contribution in [0.2, 0.25) is 0 Å². The molecule has 3 aromatic rings. The molecule has 0 saturated carbocycles. The quantitative estimate of drug-likeness (QED) is 0.714. The number of benzene rings is 2. The van der Waals surface area contributed by atoms with E-state index in [0.717, 1.165) is 42.8 Å². The largest absolute Gasteiger partial charge is 0.330 e. The van der Waals surface area contributed by atoms with Gasteiger partial charge in [-0.05, 0) is 37.0 Å². The number of fused-ring (bicyclic) bond motifs is 1. The SMILES string of the molecule is O=C(N1CCCCC1)n1c(Cc2ccccc2)nc2ccccc21. The molecule has 1 saturated heterocycles. The molecule has 2 aromatic carbocycles. The summed E-state index contributed by atoms with van der Waals surface area (Å²) in [6, 6.07) is 18.2. The van der Waals surface area contributed by atoms with Gasteiger partial charge in [-0.15, -0.1) is 0 Å². The number of rotatable bonds is 2. The summed E-state index contributed by atoms with van der Waals surface area (Å²) in [4.78, 5) is 19.8. The zero-order valence-electron chi connectivity index (χ0n) is 13.7. The number of imidazole rings is 1. The van der Waals surface area contributed by atoms with E-state index in [0.29, 0.717) is 6.42 Å². The maximum atomic E-state index is 13.1. The van der Waals surface area contributed by atoms with Crippen LogP contribution in [0.3, 0.4) is 0 Å². The number of carbonyl (C=O) groups is 1. The third kappa shape index (κ3) is 2.80. The fraction of sp³-hybridized carbons (Fsp3) is 0.300. The van der Waals surface area contributed by atoms with E-state index in [1.165, 1.54) is 12.0 Å². The molecule has 0 spiro atoms. The first-order valence-electron chi connectivity index (χ1n) is 8.62. The summed E-state index contributed by atoms with van der Waals surface area (Å²) in [5, 5.41) is 0. The first-order valence-corrected chi connectivity index (χ1v) is 8.62. The van der Waals surface area contributed by atoms with E-state index in [2.05, 4.69) is 12.1 Å². The van der Waals surface area contributed by atoms with Crippen LogP contribution >= 0.6 is 0 Å². The first-order chi connectivity index (χ1) is 11.8. The highest BCUT2D eigenvalue weighted by molar-refractivity contribution is 5.90. The van der Waals surface area contributed by atoms with Crippen molar-refractivity contribution in [2.75, 3.05) is 13.1 Å². The zero-order valence-corrected chi connectivity index (χ0v) is 13.7. The number of piperidine rings is 1. The Morgan fingerprint density at radius 2 is 1.62 bits per heavy atom. The van der Waals surface area contributed by atoms with Crippen LogP contribution < -0.4 is 0 Å². The molecule has 4 rings (SSSR count). The number of hydrogen-bond donors (Lipinski definition) is 0. The molecule has 24 heavy (non-hydrogen) atoms. The van der Waals surface area contributed by atoms with Crippen molar-refractivity contribution in [3.8, 4) is 0 Å². The van der Waals surface area contributed by atoms with E-state index >= 15 is 0 Å². The van der Waals surface area contributed by atoms with Crippen molar-refractivity contribution >= 4 is 17.1 Å². The molecule has 1 aliphatic rings. The van der Waals surface area contributed by atoms with Gasteiger partial charge in [0.2, 0.25) is 0 Å². The lowest BCUT2D eigenvalue weighted by Crippen LogP contribution is -2.39. The predicted octanol–water partition coefficient (Wildman–Crippen LogP) is 4.08. The van der Waals surface area contributed by atoms with E-state index in [1.807, 2.05) is 51.9 Å². The van der Waals surface area contributed by atoms with Gasteiger partial charge in [0.05, 0.1) is 11.0 Å². The van der Waals surface area contributed by atoms with Gasteiger partial charge in [-0.25, -0.2) is 14.3 Å². The Kier molecular flexibility index (Phi) is 4.03. The summed E-state index contributed by atoms with van der Waals surface area (Å²) in [7, 11) is 0. The van der Waals surface area contributed by atoms with Gasteiger partial charge in [-0.3, -0.25) is 0 Å². The molecule has 0 atom stereocenters. The second-order valence-electron chi connectivity index (χ2n) is 6.34. The summed E-state index contributed by atoms with van der Waals surface area (Å²) in [6.07, 6.45) is 4.05. The molecule has 0 bridgehead atoms. The fourth-order valence-corrected chi connectivity index (χ4v) is 3.41. The van der Waals surface area contributed by atoms with Crippen molar-refractivity contribution in [2.24, 2.45) is 0 Å². The van der Waals surface area contributed by atoms with Gasteiger partial charge in [0.15, 0.2) is 0 Å². The van der Waals surface area contributed by atoms with Crippen LogP contribution in [0.15, 0.2) is 54.6 Å². The van der Waals surface area contributed by atoms with Crippen molar-refractivity contribution in [3.05, 3.63) is 66.0 Å². The van der Waals surface area contributed by atoms with Gasteiger partial charge < -0.3 is 4.90 Å². The maximum absolute atomic E-state index is 13.1. The topological polar surface area (TPSA) is 38.1 Å². The average Bonchev–Trinajstić information content (AvgIpc) is 3.00. The van der Waals surface area contributed by atoms with Gasteiger partial charge in [0.1, 0.15) is 5.82 Å². The molecule has 0 unspecified atom stereocenters. The molecule has 0 N–H and O–H groups in total. The number of likely N-dealkylation sites (tertiary alicyclic amines) is 1. The average molecular weight is 319 g/mol. The molecular weight excluding hydrogens is 298 g/mol. The molecule has 1 amide bonds. The molecular formula is C20H21N3O. The fourth-order valence-electron chi connectivity index (χ4n) is 3.41. The van der Waals surface area contributed by atoms with Gasteiger partial charge in [0.25, 0.3) is 0 Å². The third-order valence-electron chi connectivity index (χ3n) is 4.65. The number of nitrogens with zero attached hydrogens (tertiary/aromatic N) is 3. The van der Waals surface area contributed by atoms with E-state index < -0.39 is 0 Å². The Balaban J connectivity index is 1.76. The Bertz CT molecular complexity index is 848. The zero-order chi connectivity index (χ0) is 16.4. The lowest BCUT2D eigenvalue weighted by atomic mass is 10.1. The van der Waals surface area contributed by atoms with Crippen molar-refractivity contribution in [1.82, 2.24) is 14.5 Å². The van der Waals surface area contributed by atoms with Crippen LogP contribution in [0, 0.1) is 0 Å². The molecule has 0 radical (unpaired) electrons. The van der Waals surface area contributed by atoms with Crippen molar-refractivity contribution in [2.45, 2.75) is 25.7 Å².